The van der Waals surface area contributed by atoms with Crippen LogP contribution >= 0.6 is 39.5 Å². The van der Waals surface area contributed by atoms with Crippen molar-refractivity contribution in [1.29, 1.82) is 0 Å². The summed E-state index contributed by atoms with van der Waals surface area (Å²) in [5, 5.41) is 0. The molecule has 0 aliphatic carbocycles. The smallest absolute Gasteiger partial charge is 0.194 e. The van der Waals surface area contributed by atoms with E-state index in [1.54, 1.807) is 23.5 Å². The molecule has 1 saturated heterocycles. The van der Waals surface area contributed by atoms with Crippen molar-refractivity contribution in [3.63, 3.8) is 0 Å². The molecule has 1 nitrogen and oxygen atoms in total. The van der Waals surface area contributed by atoms with Crippen molar-refractivity contribution in [2.24, 2.45) is 0 Å². The third-order valence-corrected chi connectivity index (χ3v) is 6.58. The van der Waals surface area contributed by atoms with Crippen molar-refractivity contribution in [3.8, 4) is 0 Å². The summed E-state index contributed by atoms with van der Waals surface area (Å²) in [5.74, 6) is 2.21. The number of rotatable bonds is 4. The Morgan fingerprint density at radius 2 is 1.74 bits per heavy atom. The normalized spacial score (nSPS) is 14.4. The zero-order chi connectivity index (χ0) is 16.1. The van der Waals surface area contributed by atoms with Crippen LogP contribution in [0.4, 0.5) is 0 Å². The molecule has 1 aliphatic heterocycles. The second-order valence-corrected chi connectivity index (χ2v) is 8.37. The van der Waals surface area contributed by atoms with Crippen molar-refractivity contribution in [2.45, 2.75) is 0 Å². The molecule has 0 aromatic heterocycles. The Morgan fingerprint density at radius 1 is 1.00 bits per heavy atom. The Morgan fingerprint density at radius 3 is 2.43 bits per heavy atom. The van der Waals surface area contributed by atoms with Crippen LogP contribution in [0.15, 0.2) is 75.0 Å². The summed E-state index contributed by atoms with van der Waals surface area (Å²) in [7, 11) is 0. The summed E-state index contributed by atoms with van der Waals surface area (Å²) in [6, 6.07) is 17.7. The van der Waals surface area contributed by atoms with Crippen LogP contribution in [-0.2, 0) is 0 Å². The van der Waals surface area contributed by atoms with Gasteiger partial charge in [-0.1, -0.05) is 64.5 Å². The number of carbonyl (C=O) groups excluding carboxylic acids is 1. The van der Waals surface area contributed by atoms with Crippen LogP contribution in [0.25, 0.3) is 6.08 Å². The SMILES string of the molecule is O=C(C(/C=C/c1ccccc1)=C1SCCS1)c1cccc(Br)c1. The molecule has 1 heterocycles. The van der Waals surface area contributed by atoms with Crippen molar-refractivity contribution in [1.82, 2.24) is 0 Å². The van der Waals surface area contributed by atoms with Gasteiger partial charge in [-0.15, -0.1) is 23.5 Å². The number of hydrogen-bond acceptors (Lipinski definition) is 3. The molecule has 2 aromatic rings. The number of Topliss-reactive ketones (excluding diaryl/α,β-unsaturated/α-hetero) is 1. The van der Waals surface area contributed by atoms with E-state index in [1.165, 1.54) is 0 Å². The molecule has 0 spiro atoms. The summed E-state index contributed by atoms with van der Waals surface area (Å²) < 4.78 is 2.05. The lowest BCUT2D eigenvalue weighted by Gasteiger charge is -2.06. The second kappa shape index (κ2) is 8.04. The number of thioether (sulfide) groups is 2. The van der Waals surface area contributed by atoms with Crippen LogP contribution in [-0.4, -0.2) is 17.3 Å². The van der Waals surface area contributed by atoms with E-state index in [1.807, 2.05) is 66.7 Å². The number of ketones is 1. The van der Waals surface area contributed by atoms with Crippen LogP contribution in [0.5, 0.6) is 0 Å². The van der Waals surface area contributed by atoms with Gasteiger partial charge in [-0.25, -0.2) is 0 Å². The minimum atomic E-state index is 0.0791. The van der Waals surface area contributed by atoms with Crippen molar-refractivity contribution in [3.05, 3.63) is 86.1 Å². The van der Waals surface area contributed by atoms with E-state index in [4.69, 9.17) is 0 Å². The number of benzene rings is 2. The average Bonchev–Trinajstić information content (AvgIpc) is 3.10. The standard InChI is InChI=1S/C19H15BrOS2/c20-16-8-4-7-15(13-16)18(21)17(19-22-11-12-23-19)10-9-14-5-2-1-3-6-14/h1-10,13H,11-12H2/b10-9+. The van der Waals surface area contributed by atoms with Gasteiger partial charge < -0.3 is 0 Å². The molecular formula is C19H15BrOS2. The summed E-state index contributed by atoms with van der Waals surface area (Å²) in [6.45, 7) is 0. The van der Waals surface area contributed by atoms with Crippen LogP contribution in [0, 0.1) is 0 Å². The summed E-state index contributed by atoms with van der Waals surface area (Å²) in [5.41, 5.74) is 2.60. The molecule has 0 N–H and O–H groups in total. The summed E-state index contributed by atoms with van der Waals surface area (Å²) >= 11 is 6.99. The molecule has 3 rings (SSSR count). The Kier molecular flexibility index (Phi) is 5.81. The fourth-order valence-electron chi connectivity index (χ4n) is 2.23. The van der Waals surface area contributed by atoms with E-state index in [-0.39, 0.29) is 5.78 Å². The molecule has 116 valence electrons. The molecular weight excluding hydrogens is 388 g/mol. The highest BCUT2D eigenvalue weighted by Gasteiger charge is 2.19. The van der Waals surface area contributed by atoms with E-state index in [0.717, 1.165) is 31.4 Å². The molecule has 0 radical (unpaired) electrons. The van der Waals surface area contributed by atoms with E-state index in [9.17, 15) is 4.79 Å². The van der Waals surface area contributed by atoms with E-state index < -0.39 is 0 Å². The van der Waals surface area contributed by atoms with Crippen LogP contribution < -0.4 is 0 Å². The first-order valence-electron chi connectivity index (χ1n) is 7.27. The first-order chi connectivity index (χ1) is 11.2. The second-order valence-electron chi connectivity index (χ2n) is 4.98. The molecule has 1 aliphatic rings. The number of hydrogen-bond donors (Lipinski definition) is 0. The third kappa shape index (κ3) is 4.40. The maximum atomic E-state index is 12.9. The highest BCUT2D eigenvalue weighted by molar-refractivity contribution is 9.10. The molecule has 0 unspecified atom stereocenters. The van der Waals surface area contributed by atoms with Gasteiger partial charge in [0.25, 0.3) is 0 Å². The molecule has 1 fully saturated rings. The Balaban J connectivity index is 1.95. The lowest BCUT2D eigenvalue weighted by molar-refractivity contribution is 0.103. The Bertz CT molecular complexity index is 758. The topological polar surface area (TPSA) is 17.1 Å². The number of halogens is 1. The molecule has 0 saturated carbocycles. The van der Waals surface area contributed by atoms with Crippen molar-refractivity contribution >= 4 is 51.3 Å². The molecule has 0 bridgehead atoms. The number of carbonyl (C=O) groups is 1. The minimum absolute atomic E-state index is 0.0791. The van der Waals surface area contributed by atoms with Gasteiger partial charge in [0.05, 0.1) is 4.24 Å². The zero-order valence-electron chi connectivity index (χ0n) is 12.4. The molecule has 0 atom stereocenters. The van der Waals surface area contributed by atoms with E-state index in [0.29, 0.717) is 5.56 Å². The Hall–Kier alpha value is -1.23. The molecule has 4 heteroatoms. The predicted molar refractivity (Wildman–Crippen MR) is 106 cm³/mol. The fourth-order valence-corrected chi connectivity index (χ4v) is 5.13. The van der Waals surface area contributed by atoms with Gasteiger partial charge in [0.1, 0.15) is 0 Å². The molecule has 2 aromatic carbocycles. The maximum Gasteiger partial charge on any atom is 0.194 e. The van der Waals surface area contributed by atoms with Gasteiger partial charge in [0, 0.05) is 27.1 Å². The first kappa shape index (κ1) is 16.6. The van der Waals surface area contributed by atoms with Gasteiger partial charge in [0.15, 0.2) is 5.78 Å². The van der Waals surface area contributed by atoms with Crippen molar-refractivity contribution < 1.29 is 4.79 Å². The van der Waals surface area contributed by atoms with E-state index in [2.05, 4.69) is 15.9 Å². The first-order valence-corrected chi connectivity index (χ1v) is 10.0. The number of allylic oxidation sites excluding steroid dienone is 2. The quantitative estimate of drug-likeness (QED) is 0.458. The largest absolute Gasteiger partial charge is 0.289 e. The molecule has 23 heavy (non-hydrogen) atoms. The van der Waals surface area contributed by atoms with Crippen LogP contribution in [0.3, 0.4) is 0 Å². The van der Waals surface area contributed by atoms with Crippen molar-refractivity contribution in [2.75, 3.05) is 11.5 Å². The van der Waals surface area contributed by atoms with Gasteiger partial charge in [0.2, 0.25) is 0 Å². The zero-order valence-corrected chi connectivity index (χ0v) is 15.6. The van der Waals surface area contributed by atoms with E-state index >= 15 is 0 Å². The van der Waals surface area contributed by atoms with Gasteiger partial charge >= 0.3 is 0 Å². The lowest BCUT2D eigenvalue weighted by Crippen LogP contribution is -2.02. The monoisotopic (exact) mass is 402 g/mol. The fraction of sp³-hybridized carbons (Fsp3) is 0.105. The summed E-state index contributed by atoms with van der Waals surface area (Å²) in [4.78, 5) is 12.9. The maximum absolute atomic E-state index is 12.9. The third-order valence-electron chi connectivity index (χ3n) is 3.34. The van der Waals surface area contributed by atoms with Crippen LogP contribution in [0.1, 0.15) is 15.9 Å². The molecule has 0 amide bonds. The highest BCUT2D eigenvalue weighted by Crippen LogP contribution is 2.40. The van der Waals surface area contributed by atoms with Gasteiger partial charge in [-0.05, 0) is 23.8 Å². The minimum Gasteiger partial charge on any atom is -0.289 e. The predicted octanol–water partition coefficient (Wildman–Crippen LogP) is 6.04. The average molecular weight is 403 g/mol. The van der Waals surface area contributed by atoms with Gasteiger partial charge in [-0.3, -0.25) is 4.79 Å². The van der Waals surface area contributed by atoms with Gasteiger partial charge in [-0.2, -0.15) is 0 Å². The highest BCUT2D eigenvalue weighted by atomic mass is 79.9. The van der Waals surface area contributed by atoms with Crippen LogP contribution in [0.2, 0.25) is 0 Å². The Labute approximate surface area is 153 Å². The summed E-state index contributed by atoms with van der Waals surface area (Å²) in [6.07, 6.45) is 3.97. The lowest BCUT2D eigenvalue weighted by atomic mass is 10.0.